The predicted octanol–water partition coefficient (Wildman–Crippen LogP) is 1.61. The maximum Gasteiger partial charge on any atom is 0.345 e. The van der Waals surface area contributed by atoms with E-state index in [0.717, 1.165) is 37.3 Å². The van der Waals surface area contributed by atoms with Crippen molar-refractivity contribution < 1.29 is 14.7 Å². The number of carbonyl (C=O) groups excluding carboxylic acids is 1. The average Bonchev–Trinajstić information content (AvgIpc) is 2.87. The fourth-order valence-electron chi connectivity index (χ4n) is 2.31. The van der Waals surface area contributed by atoms with Gasteiger partial charge < -0.3 is 14.9 Å². The van der Waals surface area contributed by atoms with Gasteiger partial charge in [0.2, 0.25) is 0 Å². The zero-order valence-electron chi connectivity index (χ0n) is 11.1. The molecule has 5 nitrogen and oxygen atoms in total. The molecule has 1 aliphatic rings. The lowest BCUT2D eigenvalue weighted by Gasteiger charge is -2.35. The Bertz CT molecular complexity index is 476. The number of carboxylic acids is 1. The molecule has 0 aliphatic carbocycles. The van der Waals surface area contributed by atoms with Crippen LogP contribution in [0.5, 0.6) is 0 Å². The second kappa shape index (κ2) is 5.71. The summed E-state index contributed by atoms with van der Waals surface area (Å²) in [4.78, 5) is 27.8. The van der Waals surface area contributed by atoms with E-state index in [2.05, 4.69) is 19.0 Å². The van der Waals surface area contributed by atoms with Crippen molar-refractivity contribution in [2.75, 3.05) is 27.2 Å². The number of aromatic carboxylic acids is 1. The molecule has 0 aromatic carbocycles. The molecule has 0 bridgehead atoms. The topological polar surface area (TPSA) is 60.9 Å². The Morgan fingerprint density at radius 3 is 2.32 bits per heavy atom. The molecule has 0 unspecified atom stereocenters. The monoisotopic (exact) mass is 282 g/mol. The van der Waals surface area contributed by atoms with E-state index in [0.29, 0.717) is 10.9 Å². The van der Waals surface area contributed by atoms with Crippen LogP contribution in [0.1, 0.15) is 32.2 Å². The summed E-state index contributed by atoms with van der Waals surface area (Å²) in [5, 5.41) is 8.87. The lowest BCUT2D eigenvalue weighted by atomic mass is 10.0. The molecule has 1 fully saturated rings. The Hall–Kier alpha value is -1.40. The summed E-state index contributed by atoms with van der Waals surface area (Å²) in [5.74, 6) is -1.02. The van der Waals surface area contributed by atoms with E-state index in [-0.39, 0.29) is 10.8 Å². The standard InChI is InChI=1S/C13H18N2O3S/c1-14(2)9-5-7-15(8-6-9)12(16)10-3-4-11(19-10)13(17)18/h3-4,9H,5-8H2,1-2H3,(H,17,18). The number of nitrogens with zero attached hydrogens (tertiary/aromatic N) is 2. The van der Waals surface area contributed by atoms with Gasteiger partial charge in [-0.05, 0) is 39.1 Å². The fraction of sp³-hybridized carbons (Fsp3) is 0.538. The van der Waals surface area contributed by atoms with Crippen molar-refractivity contribution in [1.82, 2.24) is 9.80 Å². The Labute approximate surface area is 116 Å². The van der Waals surface area contributed by atoms with E-state index < -0.39 is 5.97 Å². The molecule has 1 N–H and O–H groups in total. The fourth-order valence-corrected chi connectivity index (χ4v) is 3.12. The molecular weight excluding hydrogens is 264 g/mol. The minimum absolute atomic E-state index is 0.0466. The summed E-state index contributed by atoms with van der Waals surface area (Å²) in [6.45, 7) is 1.48. The van der Waals surface area contributed by atoms with Crippen LogP contribution in [0, 0.1) is 0 Å². The molecule has 2 heterocycles. The second-order valence-electron chi connectivity index (χ2n) is 4.96. The highest BCUT2D eigenvalue weighted by atomic mass is 32.1. The number of piperidine rings is 1. The number of carboxylic acid groups (broad SMARTS) is 1. The van der Waals surface area contributed by atoms with Crippen molar-refractivity contribution in [3.05, 3.63) is 21.9 Å². The van der Waals surface area contributed by atoms with Gasteiger partial charge in [-0.15, -0.1) is 11.3 Å². The number of hydrogen-bond donors (Lipinski definition) is 1. The van der Waals surface area contributed by atoms with E-state index in [4.69, 9.17) is 5.11 Å². The molecule has 2 rings (SSSR count). The number of rotatable bonds is 3. The summed E-state index contributed by atoms with van der Waals surface area (Å²) in [7, 11) is 4.11. The third-order valence-electron chi connectivity index (χ3n) is 3.51. The number of hydrogen-bond acceptors (Lipinski definition) is 4. The lowest BCUT2D eigenvalue weighted by molar-refractivity contribution is 0.0667. The minimum atomic E-state index is -0.977. The molecule has 19 heavy (non-hydrogen) atoms. The normalized spacial score (nSPS) is 16.9. The smallest absolute Gasteiger partial charge is 0.345 e. The number of carbonyl (C=O) groups is 2. The molecule has 0 spiro atoms. The van der Waals surface area contributed by atoms with Gasteiger partial charge >= 0.3 is 5.97 Å². The van der Waals surface area contributed by atoms with Crippen LogP contribution in [-0.4, -0.2) is 60.0 Å². The van der Waals surface area contributed by atoms with Gasteiger partial charge in [-0.25, -0.2) is 4.79 Å². The van der Waals surface area contributed by atoms with E-state index >= 15 is 0 Å². The van der Waals surface area contributed by atoms with E-state index in [9.17, 15) is 9.59 Å². The van der Waals surface area contributed by atoms with E-state index in [1.807, 2.05) is 4.90 Å². The molecule has 0 atom stereocenters. The lowest BCUT2D eigenvalue weighted by Crippen LogP contribution is -2.44. The van der Waals surface area contributed by atoms with Crippen LogP contribution in [0.15, 0.2) is 12.1 Å². The molecular formula is C13H18N2O3S. The van der Waals surface area contributed by atoms with Crippen LogP contribution in [0.25, 0.3) is 0 Å². The first-order chi connectivity index (χ1) is 8.99. The zero-order chi connectivity index (χ0) is 14.0. The third-order valence-corrected chi connectivity index (χ3v) is 4.57. The van der Waals surface area contributed by atoms with Crippen LogP contribution >= 0.6 is 11.3 Å². The van der Waals surface area contributed by atoms with Gasteiger partial charge in [-0.2, -0.15) is 0 Å². The maximum absolute atomic E-state index is 12.2. The summed E-state index contributed by atoms with van der Waals surface area (Å²) in [6.07, 6.45) is 1.94. The van der Waals surface area contributed by atoms with Crippen molar-refractivity contribution in [1.29, 1.82) is 0 Å². The quantitative estimate of drug-likeness (QED) is 0.915. The number of likely N-dealkylation sites (tertiary alicyclic amines) is 1. The molecule has 1 amide bonds. The van der Waals surface area contributed by atoms with E-state index in [1.54, 1.807) is 6.07 Å². The first-order valence-electron chi connectivity index (χ1n) is 6.28. The Morgan fingerprint density at radius 2 is 1.84 bits per heavy atom. The molecule has 1 saturated heterocycles. The molecule has 1 aromatic heterocycles. The van der Waals surface area contributed by atoms with Crippen LogP contribution in [-0.2, 0) is 0 Å². The highest BCUT2D eigenvalue weighted by molar-refractivity contribution is 7.15. The zero-order valence-corrected chi connectivity index (χ0v) is 11.9. The van der Waals surface area contributed by atoms with Crippen molar-refractivity contribution in [3.63, 3.8) is 0 Å². The van der Waals surface area contributed by atoms with Crippen LogP contribution in [0.3, 0.4) is 0 Å². The Morgan fingerprint density at radius 1 is 1.26 bits per heavy atom. The van der Waals surface area contributed by atoms with Crippen LogP contribution in [0.4, 0.5) is 0 Å². The van der Waals surface area contributed by atoms with Gasteiger partial charge in [-0.1, -0.05) is 0 Å². The molecule has 0 radical (unpaired) electrons. The van der Waals surface area contributed by atoms with Crippen LogP contribution < -0.4 is 0 Å². The predicted molar refractivity (Wildman–Crippen MR) is 73.9 cm³/mol. The van der Waals surface area contributed by atoms with Gasteiger partial charge in [0.05, 0.1) is 4.88 Å². The molecule has 0 saturated carbocycles. The van der Waals surface area contributed by atoms with Gasteiger partial charge in [0.1, 0.15) is 4.88 Å². The van der Waals surface area contributed by atoms with Gasteiger partial charge in [0.15, 0.2) is 0 Å². The first kappa shape index (κ1) is 14.0. The van der Waals surface area contributed by atoms with Gasteiger partial charge in [0, 0.05) is 19.1 Å². The number of thiophene rings is 1. The highest BCUT2D eigenvalue weighted by Crippen LogP contribution is 2.21. The summed E-state index contributed by atoms with van der Waals surface area (Å²) in [6, 6.07) is 3.63. The summed E-state index contributed by atoms with van der Waals surface area (Å²) < 4.78 is 0. The molecule has 1 aromatic rings. The largest absolute Gasteiger partial charge is 0.477 e. The van der Waals surface area contributed by atoms with Crippen molar-refractivity contribution in [2.45, 2.75) is 18.9 Å². The number of amides is 1. The van der Waals surface area contributed by atoms with Crippen molar-refractivity contribution >= 4 is 23.2 Å². The Balaban J connectivity index is 1.99. The van der Waals surface area contributed by atoms with Gasteiger partial charge in [-0.3, -0.25) is 4.79 Å². The first-order valence-corrected chi connectivity index (χ1v) is 7.09. The van der Waals surface area contributed by atoms with Gasteiger partial charge in [0.25, 0.3) is 5.91 Å². The highest BCUT2D eigenvalue weighted by Gasteiger charge is 2.25. The molecule has 104 valence electrons. The molecule has 1 aliphatic heterocycles. The molecule has 6 heteroatoms. The summed E-state index contributed by atoms with van der Waals surface area (Å²) in [5.41, 5.74) is 0. The second-order valence-corrected chi connectivity index (χ2v) is 6.04. The van der Waals surface area contributed by atoms with Crippen molar-refractivity contribution in [2.24, 2.45) is 0 Å². The van der Waals surface area contributed by atoms with Crippen molar-refractivity contribution in [3.8, 4) is 0 Å². The third kappa shape index (κ3) is 3.13. The van der Waals surface area contributed by atoms with E-state index in [1.165, 1.54) is 6.07 Å². The minimum Gasteiger partial charge on any atom is -0.477 e. The average molecular weight is 282 g/mol. The summed E-state index contributed by atoms with van der Waals surface area (Å²) >= 11 is 1.05. The Kier molecular flexibility index (Phi) is 4.21. The van der Waals surface area contributed by atoms with Crippen LogP contribution in [0.2, 0.25) is 0 Å². The maximum atomic E-state index is 12.2. The SMILES string of the molecule is CN(C)C1CCN(C(=O)c2ccc(C(=O)O)s2)CC1.